The van der Waals surface area contributed by atoms with Crippen molar-refractivity contribution < 1.29 is 5.11 Å². The second-order valence-electron chi connectivity index (χ2n) is 5.80. The first-order valence-corrected chi connectivity index (χ1v) is 7.64. The highest BCUT2D eigenvalue weighted by Crippen LogP contribution is 2.43. The van der Waals surface area contributed by atoms with E-state index in [9.17, 15) is 5.11 Å². The summed E-state index contributed by atoms with van der Waals surface area (Å²) in [6.45, 7) is 2.21. The van der Waals surface area contributed by atoms with E-state index < -0.39 is 0 Å². The first-order valence-electron chi connectivity index (χ1n) is 7.64. The van der Waals surface area contributed by atoms with Gasteiger partial charge in [0, 0.05) is 5.92 Å². The van der Waals surface area contributed by atoms with Crippen molar-refractivity contribution in [1.82, 2.24) is 0 Å². The molecule has 1 heteroatoms. The second-order valence-corrected chi connectivity index (χ2v) is 5.80. The minimum atomic E-state index is -0.370. The maximum atomic E-state index is 10.6. The van der Waals surface area contributed by atoms with Crippen molar-refractivity contribution >= 4 is 0 Å². The van der Waals surface area contributed by atoms with Gasteiger partial charge in [-0.15, -0.1) is 0 Å². The Kier molecular flexibility index (Phi) is 3.88. The maximum absolute atomic E-state index is 10.6. The second kappa shape index (κ2) is 5.80. The van der Waals surface area contributed by atoms with Crippen molar-refractivity contribution in [2.24, 2.45) is 0 Å². The van der Waals surface area contributed by atoms with Crippen LogP contribution in [0.25, 0.3) is 0 Å². The predicted molar refractivity (Wildman–Crippen MR) is 82.9 cm³/mol. The third-order valence-electron chi connectivity index (χ3n) is 4.42. The van der Waals surface area contributed by atoms with Gasteiger partial charge in [0.15, 0.2) is 0 Å². The largest absolute Gasteiger partial charge is 0.388 e. The average molecular weight is 266 g/mol. The fourth-order valence-electron chi connectivity index (χ4n) is 3.07. The Morgan fingerprint density at radius 1 is 1.10 bits per heavy atom. The molecule has 0 saturated carbocycles. The lowest BCUT2D eigenvalue weighted by Gasteiger charge is -2.34. The van der Waals surface area contributed by atoms with Crippen LogP contribution in [0, 0.1) is 0 Å². The molecule has 1 N–H and O–H groups in total. The van der Waals surface area contributed by atoms with Crippen LogP contribution in [0.4, 0.5) is 0 Å². The molecular weight excluding hydrogens is 244 g/mol. The summed E-state index contributed by atoms with van der Waals surface area (Å²) in [6, 6.07) is 17.0. The number of fused-ring (bicyclic) bond motifs is 1. The standard InChI is InChI=1S/C19H22O/c1-2-3-6-14-9-11-15(12-10-14)19(20)18-13-16-7-4-5-8-17(16)18/h4-5,7-12,18-20H,2-3,6,13H2,1H3. The molecule has 2 atom stereocenters. The Bertz CT molecular complexity index is 571. The van der Waals surface area contributed by atoms with E-state index in [2.05, 4.69) is 55.5 Å². The Hall–Kier alpha value is -1.60. The Balaban J connectivity index is 1.71. The van der Waals surface area contributed by atoms with Crippen LogP contribution in [-0.2, 0) is 12.8 Å². The number of aliphatic hydroxyl groups is 1. The van der Waals surface area contributed by atoms with Gasteiger partial charge in [-0.25, -0.2) is 0 Å². The Labute approximate surface area is 121 Å². The van der Waals surface area contributed by atoms with Crippen LogP contribution in [0.5, 0.6) is 0 Å². The molecule has 0 saturated heterocycles. The summed E-state index contributed by atoms with van der Waals surface area (Å²) < 4.78 is 0. The van der Waals surface area contributed by atoms with E-state index in [1.54, 1.807) is 0 Å². The SMILES string of the molecule is CCCCc1ccc(C(O)C2Cc3ccccc32)cc1. The summed E-state index contributed by atoms with van der Waals surface area (Å²) in [4.78, 5) is 0. The van der Waals surface area contributed by atoms with Crippen molar-refractivity contribution in [3.63, 3.8) is 0 Å². The molecule has 0 spiro atoms. The van der Waals surface area contributed by atoms with Crippen LogP contribution >= 0.6 is 0 Å². The Morgan fingerprint density at radius 3 is 2.55 bits per heavy atom. The van der Waals surface area contributed by atoms with Crippen LogP contribution < -0.4 is 0 Å². The molecule has 20 heavy (non-hydrogen) atoms. The maximum Gasteiger partial charge on any atom is 0.0861 e. The van der Waals surface area contributed by atoms with Crippen LogP contribution in [0.3, 0.4) is 0 Å². The molecule has 2 aromatic carbocycles. The van der Waals surface area contributed by atoms with Crippen LogP contribution in [0.1, 0.15) is 54.0 Å². The number of aryl methyl sites for hydroxylation is 1. The predicted octanol–water partition coefficient (Wildman–Crippen LogP) is 4.40. The molecule has 0 radical (unpaired) electrons. The molecule has 2 aromatic rings. The minimum absolute atomic E-state index is 0.271. The third-order valence-corrected chi connectivity index (χ3v) is 4.42. The molecule has 0 bridgehead atoms. The van der Waals surface area contributed by atoms with Crippen LogP contribution in [0.15, 0.2) is 48.5 Å². The van der Waals surface area contributed by atoms with Gasteiger partial charge in [-0.05, 0) is 41.5 Å². The number of hydrogen-bond donors (Lipinski definition) is 1. The van der Waals surface area contributed by atoms with Crippen molar-refractivity contribution in [2.45, 2.75) is 44.6 Å². The van der Waals surface area contributed by atoms with Gasteiger partial charge in [0.1, 0.15) is 0 Å². The van der Waals surface area contributed by atoms with E-state index in [4.69, 9.17) is 0 Å². The fraction of sp³-hybridized carbons (Fsp3) is 0.368. The molecule has 1 nitrogen and oxygen atoms in total. The quantitative estimate of drug-likeness (QED) is 0.850. The van der Waals surface area contributed by atoms with E-state index in [0.29, 0.717) is 0 Å². The van der Waals surface area contributed by atoms with Crippen molar-refractivity contribution in [3.8, 4) is 0 Å². The first kappa shape index (κ1) is 13.4. The minimum Gasteiger partial charge on any atom is -0.388 e. The van der Waals surface area contributed by atoms with Crippen LogP contribution in [-0.4, -0.2) is 5.11 Å². The number of hydrogen-bond acceptors (Lipinski definition) is 1. The normalized spacial score (nSPS) is 18.2. The van der Waals surface area contributed by atoms with Crippen molar-refractivity contribution in [2.75, 3.05) is 0 Å². The lowest BCUT2D eigenvalue weighted by Crippen LogP contribution is -2.23. The lowest BCUT2D eigenvalue weighted by molar-refractivity contribution is 0.134. The number of aliphatic hydroxyl groups excluding tert-OH is 1. The fourth-order valence-corrected chi connectivity index (χ4v) is 3.07. The summed E-state index contributed by atoms with van der Waals surface area (Å²) >= 11 is 0. The van der Waals surface area contributed by atoms with E-state index >= 15 is 0 Å². The van der Waals surface area contributed by atoms with E-state index in [1.165, 1.54) is 29.5 Å². The van der Waals surface area contributed by atoms with Gasteiger partial charge < -0.3 is 5.11 Å². The number of rotatable bonds is 5. The van der Waals surface area contributed by atoms with E-state index in [0.717, 1.165) is 18.4 Å². The van der Waals surface area contributed by atoms with Gasteiger partial charge in [0.05, 0.1) is 6.10 Å². The molecule has 0 heterocycles. The van der Waals surface area contributed by atoms with Gasteiger partial charge in [0.25, 0.3) is 0 Å². The topological polar surface area (TPSA) is 20.2 Å². The highest BCUT2D eigenvalue weighted by molar-refractivity contribution is 5.42. The summed E-state index contributed by atoms with van der Waals surface area (Å²) in [5.41, 5.74) is 5.12. The molecule has 2 unspecified atom stereocenters. The van der Waals surface area contributed by atoms with Gasteiger partial charge in [-0.3, -0.25) is 0 Å². The van der Waals surface area contributed by atoms with E-state index in [-0.39, 0.29) is 12.0 Å². The summed E-state index contributed by atoms with van der Waals surface area (Å²) in [5, 5.41) is 10.6. The monoisotopic (exact) mass is 266 g/mol. The molecule has 0 aliphatic heterocycles. The lowest BCUT2D eigenvalue weighted by atomic mass is 9.73. The molecule has 0 aromatic heterocycles. The third kappa shape index (κ3) is 2.51. The highest BCUT2D eigenvalue weighted by atomic mass is 16.3. The molecule has 3 rings (SSSR count). The van der Waals surface area contributed by atoms with Gasteiger partial charge >= 0.3 is 0 Å². The van der Waals surface area contributed by atoms with Gasteiger partial charge in [-0.2, -0.15) is 0 Å². The van der Waals surface area contributed by atoms with Gasteiger partial charge in [0.2, 0.25) is 0 Å². The average Bonchev–Trinajstić information content (AvgIpc) is 2.47. The zero-order valence-corrected chi connectivity index (χ0v) is 12.0. The summed E-state index contributed by atoms with van der Waals surface area (Å²) in [7, 11) is 0. The number of benzene rings is 2. The summed E-state index contributed by atoms with van der Waals surface area (Å²) in [5.74, 6) is 0.271. The number of unbranched alkanes of at least 4 members (excludes halogenated alkanes) is 1. The first-order chi connectivity index (χ1) is 9.79. The zero-order chi connectivity index (χ0) is 13.9. The molecule has 104 valence electrons. The molecule has 1 aliphatic rings. The van der Waals surface area contributed by atoms with Crippen molar-refractivity contribution in [1.29, 1.82) is 0 Å². The smallest absolute Gasteiger partial charge is 0.0861 e. The van der Waals surface area contributed by atoms with Crippen molar-refractivity contribution in [3.05, 3.63) is 70.8 Å². The molecule has 0 fully saturated rings. The highest BCUT2D eigenvalue weighted by Gasteiger charge is 2.32. The molecular formula is C19H22O. The van der Waals surface area contributed by atoms with Crippen LogP contribution in [0.2, 0.25) is 0 Å². The molecule has 1 aliphatic carbocycles. The van der Waals surface area contributed by atoms with E-state index in [1.807, 2.05) is 0 Å². The zero-order valence-electron chi connectivity index (χ0n) is 12.0. The molecule has 0 amide bonds. The van der Waals surface area contributed by atoms with Gasteiger partial charge in [-0.1, -0.05) is 61.9 Å². The Morgan fingerprint density at radius 2 is 1.85 bits per heavy atom. The summed E-state index contributed by atoms with van der Waals surface area (Å²) in [6.07, 6.45) is 4.22.